The smallest absolute Gasteiger partial charge is 0.335 e. The first-order valence-corrected chi connectivity index (χ1v) is 7.56. The molecule has 2 aromatic heterocycles. The molecule has 0 unspecified atom stereocenters. The zero-order valence-electron chi connectivity index (χ0n) is 12.8. The average Bonchev–Trinajstić information content (AvgIpc) is 3.24. The molecule has 0 aliphatic carbocycles. The number of carboxylic acids is 1. The highest BCUT2D eigenvalue weighted by molar-refractivity contribution is 5.88. The molecule has 0 bridgehead atoms. The lowest BCUT2D eigenvalue weighted by Gasteiger charge is -2.25. The van der Waals surface area contributed by atoms with Crippen LogP contribution in [0.15, 0.2) is 41.3 Å². The van der Waals surface area contributed by atoms with Crippen LogP contribution in [-0.2, 0) is 19.6 Å². The molecular weight excluding hydrogens is 310 g/mol. The fourth-order valence-corrected chi connectivity index (χ4v) is 2.74. The van der Waals surface area contributed by atoms with Gasteiger partial charge < -0.3 is 9.52 Å². The van der Waals surface area contributed by atoms with E-state index < -0.39 is 5.97 Å². The normalized spacial score (nSPS) is 14.5. The maximum Gasteiger partial charge on any atom is 0.335 e. The fraction of sp³-hybridized carbons (Fsp3) is 0.250. The molecule has 8 heteroatoms. The Kier molecular flexibility index (Phi) is 3.58. The van der Waals surface area contributed by atoms with E-state index in [1.807, 2.05) is 4.68 Å². The molecule has 4 rings (SSSR count). The van der Waals surface area contributed by atoms with Crippen molar-refractivity contribution in [3.8, 4) is 11.5 Å². The zero-order valence-corrected chi connectivity index (χ0v) is 12.8. The number of rotatable bonds is 4. The van der Waals surface area contributed by atoms with Gasteiger partial charge in [-0.2, -0.15) is 5.10 Å². The van der Waals surface area contributed by atoms with Gasteiger partial charge in [0.2, 0.25) is 5.89 Å². The van der Waals surface area contributed by atoms with Crippen LogP contribution in [0.1, 0.15) is 21.9 Å². The Hall–Kier alpha value is -3.00. The molecule has 3 aromatic rings. The van der Waals surface area contributed by atoms with Crippen molar-refractivity contribution in [2.24, 2.45) is 0 Å². The minimum atomic E-state index is -0.951. The quantitative estimate of drug-likeness (QED) is 0.779. The van der Waals surface area contributed by atoms with Gasteiger partial charge in [0.25, 0.3) is 0 Å². The molecule has 3 heterocycles. The monoisotopic (exact) mass is 325 g/mol. The summed E-state index contributed by atoms with van der Waals surface area (Å²) < 4.78 is 7.44. The van der Waals surface area contributed by atoms with Crippen LogP contribution in [0.3, 0.4) is 0 Å². The Morgan fingerprint density at radius 2 is 2.08 bits per heavy atom. The third-order valence-electron chi connectivity index (χ3n) is 4.00. The van der Waals surface area contributed by atoms with E-state index >= 15 is 0 Å². The number of hydrogen-bond acceptors (Lipinski definition) is 6. The molecule has 1 aromatic carbocycles. The highest BCUT2D eigenvalue weighted by atomic mass is 16.4. The van der Waals surface area contributed by atoms with Gasteiger partial charge in [-0.25, -0.2) is 19.4 Å². The summed E-state index contributed by atoms with van der Waals surface area (Å²) in [5, 5.41) is 13.1. The molecule has 0 fully saturated rings. The van der Waals surface area contributed by atoms with Gasteiger partial charge in [0.05, 0.1) is 24.3 Å². The standard InChI is InChI=1S/C16H15N5O3/c22-16(23)12-3-1-11(2-4-12)15-19-13(9-24-15)7-20-5-6-21-14(8-20)17-10-18-21/h1-4,9-10H,5-8H2,(H,22,23). The molecule has 0 spiro atoms. The first-order chi connectivity index (χ1) is 11.7. The van der Waals surface area contributed by atoms with Crippen LogP contribution in [0.2, 0.25) is 0 Å². The Labute approximate surface area is 137 Å². The maximum atomic E-state index is 10.9. The molecule has 24 heavy (non-hydrogen) atoms. The van der Waals surface area contributed by atoms with Crippen molar-refractivity contribution < 1.29 is 14.3 Å². The maximum absolute atomic E-state index is 10.9. The van der Waals surface area contributed by atoms with Crippen molar-refractivity contribution in [2.75, 3.05) is 6.54 Å². The Morgan fingerprint density at radius 3 is 2.88 bits per heavy atom. The van der Waals surface area contributed by atoms with Crippen LogP contribution >= 0.6 is 0 Å². The zero-order chi connectivity index (χ0) is 16.5. The molecule has 0 atom stereocenters. The summed E-state index contributed by atoms with van der Waals surface area (Å²) in [4.78, 5) is 21.9. The average molecular weight is 325 g/mol. The molecular formula is C16H15N5O3. The third-order valence-corrected chi connectivity index (χ3v) is 4.00. The predicted octanol–water partition coefficient (Wildman–Crippen LogP) is 1.65. The summed E-state index contributed by atoms with van der Waals surface area (Å²) in [5.74, 6) is 0.490. The number of carbonyl (C=O) groups is 1. The van der Waals surface area contributed by atoms with Gasteiger partial charge in [0, 0.05) is 18.7 Å². The number of aromatic nitrogens is 4. The summed E-state index contributed by atoms with van der Waals surface area (Å²) in [5.41, 5.74) is 1.83. The van der Waals surface area contributed by atoms with E-state index in [1.54, 1.807) is 36.9 Å². The van der Waals surface area contributed by atoms with Crippen LogP contribution in [0.4, 0.5) is 0 Å². The van der Waals surface area contributed by atoms with Crippen LogP contribution < -0.4 is 0 Å². The highest BCUT2D eigenvalue weighted by Crippen LogP contribution is 2.21. The first kappa shape index (κ1) is 14.6. The molecule has 0 saturated heterocycles. The van der Waals surface area contributed by atoms with Gasteiger partial charge in [-0.1, -0.05) is 0 Å². The summed E-state index contributed by atoms with van der Waals surface area (Å²) in [7, 11) is 0. The van der Waals surface area contributed by atoms with Gasteiger partial charge in [0.15, 0.2) is 0 Å². The lowest BCUT2D eigenvalue weighted by Crippen LogP contribution is -2.33. The molecule has 1 aliphatic rings. The Morgan fingerprint density at radius 1 is 1.25 bits per heavy atom. The second kappa shape index (κ2) is 5.89. The van der Waals surface area contributed by atoms with Crippen molar-refractivity contribution >= 4 is 5.97 Å². The molecule has 1 N–H and O–H groups in total. The fourth-order valence-electron chi connectivity index (χ4n) is 2.74. The van der Waals surface area contributed by atoms with Gasteiger partial charge >= 0.3 is 5.97 Å². The van der Waals surface area contributed by atoms with Gasteiger partial charge in [-0.05, 0) is 24.3 Å². The summed E-state index contributed by atoms with van der Waals surface area (Å²) in [6.07, 6.45) is 3.22. The lowest BCUT2D eigenvalue weighted by molar-refractivity contribution is 0.0697. The minimum absolute atomic E-state index is 0.239. The number of fused-ring (bicyclic) bond motifs is 1. The highest BCUT2D eigenvalue weighted by Gasteiger charge is 2.19. The topological polar surface area (TPSA) is 97.3 Å². The van der Waals surface area contributed by atoms with Crippen molar-refractivity contribution in [3.63, 3.8) is 0 Å². The second-order valence-corrected chi connectivity index (χ2v) is 5.64. The van der Waals surface area contributed by atoms with Gasteiger partial charge in [-0.3, -0.25) is 4.90 Å². The number of carboxylic acid groups (broad SMARTS) is 1. The van der Waals surface area contributed by atoms with E-state index in [4.69, 9.17) is 9.52 Å². The van der Waals surface area contributed by atoms with E-state index in [0.717, 1.165) is 36.7 Å². The van der Waals surface area contributed by atoms with Gasteiger partial charge in [-0.15, -0.1) is 0 Å². The first-order valence-electron chi connectivity index (χ1n) is 7.56. The third kappa shape index (κ3) is 2.79. The van der Waals surface area contributed by atoms with Crippen LogP contribution in [0.25, 0.3) is 11.5 Å². The van der Waals surface area contributed by atoms with Crippen molar-refractivity contribution in [1.29, 1.82) is 0 Å². The SMILES string of the molecule is O=C(O)c1ccc(-c2nc(CN3CCn4ncnc4C3)co2)cc1. The molecule has 0 amide bonds. The number of oxazole rings is 1. The Bertz CT molecular complexity index is 868. The summed E-state index contributed by atoms with van der Waals surface area (Å²) in [6, 6.07) is 6.48. The van der Waals surface area contributed by atoms with E-state index in [1.165, 1.54) is 0 Å². The minimum Gasteiger partial charge on any atom is -0.478 e. The van der Waals surface area contributed by atoms with Crippen LogP contribution in [0.5, 0.6) is 0 Å². The van der Waals surface area contributed by atoms with Crippen LogP contribution in [0, 0.1) is 0 Å². The Balaban J connectivity index is 1.46. The van der Waals surface area contributed by atoms with E-state index in [9.17, 15) is 4.79 Å². The molecule has 8 nitrogen and oxygen atoms in total. The van der Waals surface area contributed by atoms with E-state index in [0.29, 0.717) is 12.4 Å². The number of aromatic carboxylic acids is 1. The lowest BCUT2D eigenvalue weighted by atomic mass is 10.1. The largest absolute Gasteiger partial charge is 0.478 e. The molecule has 0 radical (unpaired) electrons. The van der Waals surface area contributed by atoms with Crippen molar-refractivity contribution in [2.45, 2.75) is 19.6 Å². The predicted molar refractivity (Wildman–Crippen MR) is 83.0 cm³/mol. The molecule has 122 valence electrons. The molecule has 1 aliphatic heterocycles. The van der Waals surface area contributed by atoms with Crippen molar-refractivity contribution in [3.05, 3.63) is 53.9 Å². The van der Waals surface area contributed by atoms with E-state index in [2.05, 4.69) is 20.0 Å². The number of hydrogen-bond donors (Lipinski definition) is 1. The number of benzene rings is 1. The van der Waals surface area contributed by atoms with Gasteiger partial charge in [0.1, 0.15) is 18.4 Å². The van der Waals surface area contributed by atoms with Crippen molar-refractivity contribution in [1.82, 2.24) is 24.6 Å². The summed E-state index contributed by atoms with van der Waals surface area (Å²) >= 11 is 0. The summed E-state index contributed by atoms with van der Waals surface area (Å²) in [6.45, 7) is 3.10. The number of nitrogens with zero attached hydrogens (tertiary/aromatic N) is 5. The van der Waals surface area contributed by atoms with E-state index in [-0.39, 0.29) is 5.56 Å². The second-order valence-electron chi connectivity index (χ2n) is 5.64. The van der Waals surface area contributed by atoms with Crippen LogP contribution in [-0.4, -0.2) is 42.3 Å². The molecule has 0 saturated carbocycles.